The molecule has 1 aromatic carbocycles. The number of nitrogens with two attached hydrogens (primary N) is 1. The number of nitrogens with one attached hydrogen (secondary N) is 1. The molecule has 0 spiro atoms. The second kappa shape index (κ2) is 10.7. The molecule has 0 aliphatic carbocycles. The van der Waals surface area contributed by atoms with Crippen molar-refractivity contribution in [1.29, 1.82) is 0 Å². The Morgan fingerprint density at radius 1 is 1.15 bits per heavy atom. The maximum absolute atomic E-state index is 13.7. The van der Waals surface area contributed by atoms with E-state index >= 15 is 0 Å². The van der Waals surface area contributed by atoms with Crippen LogP contribution in [0.5, 0.6) is 11.5 Å². The predicted molar refractivity (Wildman–Crippen MR) is 144 cm³/mol. The summed E-state index contributed by atoms with van der Waals surface area (Å²) in [5.74, 6) is -0.224. The number of thiophene rings is 1. The Hall–Kier alpha value is -4.85. The van der Waals surface area contributed by atoms with Gasteiger partial charge in [0, 0.05) is 29.9 Å². The molecule has 4 heterocycles. The zero-order chi connectivity index (χ0) is 28.6. The molecule has 0 radical (unpaired) electrons. The minimum atomic E-state index is -2.86. The van der Waals surface area contributed by atoms with Gasteiger partial charge in [-0.05, 0) is 48.9 Å². The van der Waals surface area contributed by atoms with E-state index in [-0.39, 0.29) is 27.8 Å². The summed E-state index contributed by atoms with van der Waals surface area (Å²) in [7, 11) is 3.28. The molecule has 206 valence electrons. The smallest absolute Gasteiger partial charge is 0.280 e. The molecule has 3 N–H and O–H groups in total. The van der Waals surface area contributed by atoms with E-state index in [2.05, 4.69) is 20.5 Å². The molecule has 0 unspecified atom stereocenters. The largest absolute Gasteiger partial charge is 0.497 e. The number of hydrogen-bond donors (Lipinski definition) is 2. The first-order valence-electron chi connectivity index (χ1n) is 11.8. The fourth-order valence-corrected chi connectivity index (χ4v) is 5.06. The lowest BCUT2D eigenvalue weighted by Crippen LogP contribution is -2.18. The van der Waals surface area contributed by atoms with Gasteiger partial charge in [-0.2, -0.15) is 10.2 Å². The molecular weight excluding hydrogens is 544 g/mol. The number of carbonyl (C=O) groups excluding carboxylic acids is 2. The number of methoxy groups -OCH3 is 1. The number of alkyl halides is 2. The number of hydrogen-bond acceptors (Lipinski definition) is 8. The second-order valence-electron chi connectivity index (χ2n) is 8.66. The molecule has 0 saturated heterocycles. The number of anilines is 1. The Bertz CT molecular complexity index is 1730. The highest BCUT2D eigenvalue weighted by Crippen LogP contribution is 2.43. The molecule has 0 aliphatic heterocycles. The fourth-order valence-electron chi connectivity index (χ4n) is 4.04. The van der Waals surface area contributed by atoms with Gasteiger partial charge in [0.15, 0.2) is 12.4 Å². The quantitative estimate of drug-likeness (QED) is 0.267. The first kappa shape index (κ1) is 26.7. The summed E-state index contributed by atoms with van der Waals surface area (Å²) in [6.07, 6.45) is 0.221. The van der Waals surface area contributed by atoms with Crippen LogP contribution in [-0.2, 0) is 13.8 Å². The van der Waals surface area contributed by atoms with E-state index in [1.54, 1.807) is 56.2 Å². The van der Waals surface area contributed by atoms with Crippen LogP contribution in [0.25, 0.3) is 21.3 Å². The summed E-state index contributed by atoms with van der Waals surface area (Å²) in [5, 5.41) is 11.5. The van der Waals surface area contributed by atoms with Gasteiger partial charge in [-0.15, -0.1) is 11.3 Å². The Balaban J connectivity index is 1.48. The van der Waals surface area contributed by atoms with E-state index in [0.717, 1.165) is 11.3 Å². The third kappa shape index (κ3) is 5.08. The fraction of sp³-hybridized carbons (Fsp3) is 0.192. The second-order valence-corrected chi connectivity index (χ2v) is 9.66. The Labute approximate surface area is 230 Å². The zero-order valence-electron chi connectivity index (χ0n) is 21.5. The molecule has 0 saturated carbocycles. The Kier molecular flexibility index (Phi) is 7.17. The Morgan fingerprint density at radius 3 is 2.50 bits per heavy atom. The van der Waals surface area contributed by atoms with Gasteiger partial charge < -0.3 is 20.5 Å². The molecule has 0 aliphatic rings. The van der Waals surface area contributed by atoms with Crippen molar-refractivity contribution in [2.24, 2.45) is 12.8 Å². The molecule has 5 rings (SSSR count). The molecule has 40 heavy (non-hydrogen) atoms. The number of pyridine rings is 1. The number of amides is 2. The monoisotopic (exact) mass is 567 g/mol. The highest BCUT2D eigenvalue weighted by Gasteiger charge is 2.26. The molecule has 11 nitrogen and oxygen atoms in total. The number of rotatable bonds is 9. The minimum absolute atomic E-state index is 0.0261. The van der Waals surface area contributed by atoms with Crippen molar-refractivity contribution in [3.05, 3.63) is 70.8 Å². The number of aryl methyl sites for hydroxylation is 1. The lowest BCUT2D eigenvalue weighted by molar-refractivity contribution is 0.100. The van der Waals surface area contributed by atoms with Crippen LogP contribution >= 0.6 is 11.3 Å². The van der Waals surface area contributed by atoms with Crippen molar-refractivity contribution in [3.8, 4) is 22.6 Å². The summed E-state index contributed by atoms with van der Waals surface area (Å²) >= 11 is 0.820. The summed E-state index contributed by atoms with van der Waals surface area (Å²) < 4.78 is 41.3. The van der Waals surface area contributed by atoms with E-state index in [4.69, 9.17) is 15.2 Å². The molecule has 2 amide bonds. The lowest BCUT2D eigenvalue weighted by atomic mass is 10.0. The van der Waals surface area contributed by atoms with E-state index < -0.39 is 23.9 Å². The van der Waals surface area contributed by atoms with Crippen molar-refractivity contribution >= 4 is 39.1 Å². The van der Waals surface area contributed by atoms with Crippen molar-refractivity contribution in [1.82, 2.24) is 24.5 Å². The molecule has 14 heteroatoms. The van der Waals surface area contributed by atoms with Crippen LogP contribution in [0.2, 0.25) is 0 Å². The Morgan fingerprint density at radius 2 is 1.88 bits per heavy atom. The predicted octanol–water partition coefficient (Wildman–Crippen LogP) is 4.54. The van der Waals surface area contributed by atoms with Gasteiger partial charge in [-0.25, -0.2) is 18.4 Å². The average molecular weight is 568 g/mol. The molecule has 0 bridgehead atoms. The highest BCUT2D eigenvalue weighted by atomic mass is 32.1. The van der Waals surface area contributed by atoms with Crippen molar-refractivity contribution < 1.29 is 27.8 Å². The topological polar surface area (TPSA) is 139 Å². The van der Waals surface area contributed by atoms with Crippen LogP contribution in [0.3, 0.4) is 0 Å². The lowest BCUT2D eigenvalue weighted by Gasteiger charge is -2.10. The number of nitrogens with zero attached hydrogens (tertiary/aromatic N) is 5. The minimum Gasteiger partial charge on any atom is -0.497 e. The van der Waals surface area contributed by atoms with Crippen LogP contribution in [0.15, 0.2) is 48.8 Å². The van der Waals surface area contributed by atoms with E-state index in [1.807, 2.05) is 0 Å². The third-order valence-corrected chi connectivity index (χ3v) is 7.29. The number of fused-ring (bicyclic) bond motifs is 1. The molecule has 4 aromatic heterocycles. The van der Waals surface area contributed by atoms with Crippen molar-refractivity contribution in [2.45, 2.75) is 20.1 Å². The molecular formula is C26H23F2N7O4S. The summed E-state index contributed by atoms with van der Waals surface area (Å²) in [6.45, 7) is 1.80. The standard InChI is InChI=1S/C26H23F2N7O4S/c1-13-17(11-30-34(13)2)16-10-19(23(27)28)31-26-20(16)21(22(40-26)24(29)36)32-25(37)18-8-9-35(33-18)12-39-15-6-4-14(38-3)5-7-15/h4-11,23H,12H2,1-3H3,(H2,29,36)(H,32,37). The van der Waals surface area contributed by atoms with Crippen molar-refractivity contribution in [3.63, 3.8) is 0 Å². The van der Waals surface area contributed by atoms with Crippen LogP contribution < -0.4 is 20.5 Å². The number of aromatic nitrogens is 5. The van der Waals surface area contributed by atoms with Crippen LogP contribution in [-0.4, -0.2) is 43.5 Å². The van der Waals surface area contributed by atoms with Gasteiger partial charge in [0.1, 0.15) is 26.9 Å². The van der Waals surface area contributed by atoms with E-state index in [0.29, 0.717) is 33.7 Å². The number of carbonyl (C=O) groups is 2. The van der Waals surface area contributed by atoms with Gasteiger partial charge in [0.2, 0.25) is 0 Å². The van der Waals surface area contributed by atoms with Crippen LogP contribution in [0.1, 0.15) is 38.0 Å². The van der Waals surface area contributed by atoms with Gasteiger partial charge >= 0.3 is 0 Å². The van der Waals surface area contributed by atoms with E-state index in [1.165, 1.54) is 23.0 Å². The van der Waals surface area contributed by atoms with E-state index in [9.17, 15) is 18.4 Å². The molecule has 0 atom stereocenters. The maximum atomic E-state index is 13.7. The summed E-state index contributed by atoms with van der Waals surface area (Å²) in [5.41, 5.74) is 6.80. The number of halogens is 2. The average Bonchev–Trinajstić information content (AvgIpc) is 3.65. The van der Waals surface area contributed by atoms with Crippen LogP contribution in [0, 0.1) is 6.92 Å². The SMILES string of the molecule is COc1ccc(OCn2ccc(C(=O)Nc3c(C(N)=O)sc4nc(C(F)F)cc(-c5cnn(C)c5C)c34)n2)cc1. The first-order chi connectivity index (χ1) is 19.2. The van der Waals surface area contributed by atoms with Gasteiger partial charge in [0.25, 0.3) is 18.2 Å². The van der Waals surface area contributed by atoms with Crippen LogP contribution in [0.4, 0.5) is 14.5 Å². The molecule has 0 fully saturated rings. The number of benzene rings is 1. The number of primary amides is 1. The first-order valence-corrected chi connectivity index (χ1v) is 12.6. The normalized spacial score (nSPS) is 11.2. The summed E-state index contributed by atoms with van der Waals surface area (Å²) in [4.78, 5) is 29.7. The highest BCUT2D eigenvalue weighted by molar-refractivity contribution is 7.21. The van der Waals surface area contributed by atoms with Gasteiger partial charge in [-0.1, -0.05) is 0 Å². The summed E-state index contributed by atoms with van der Waals surface area (Å²) in [6, 6.07) is 9.67. The number of ether oxygens (including phenoxy) is 2. The van der Waals surface area contributed by atoms with Gasteiger partial charge in [-0.3, -0.25) is 14.3 Å². The van der Waals surface area contributed by atoms with Gasteiger partial charge in [0.05, 0.1) is 19.0 Å². The third-order valence-electron chi connectivity index (χ3n) is 6.19. The molecule has 5 aromatic rings. The zero-order valence-corrected chi connectivity index (χ0v) is 22.3. The maximum Gasteiger partial charge on any atom is 0.280 e. The van der Waals surface area contributed by atoms with Crippen molar-refractivity contribution in [2.75, 3.05) is 12.4 Å².